The van der Waals surface area contributed by atoms with Crippen LogP contribution in [-0.4, -0.2) is 54.1 Å². The lowest BCUT2D eigenvalue weighted by molar-refractivity contribution is 0.551. The maximum atomic E-state index is 13.1. The molecule has 0 amide bonds. The molecule has 3 atom stereocenters. The molecule has 1 unspecified atom stereocenters. The van der Waals surface area contributed by atoms with Gasteiger partial charge in [0.25, 0.3) is 0 Å². The average molecular weight is 434 g/mol. The zero-order valence-electron chi connectivity index (χ0n) is 16.8. The Labute approximate surface area is 160 Å². The normalized spacial score (nSPS) is 24.5. The third-order valence-corrected chi connectivity index (χ3v) is 13.6. The highest BCUT2D eigenvalue weighted by molar-refractivity contribution is 7.95. The van der Waals surface area contributed by atoms with Crippen molar-refractivity contribution in [1.82, 2.24) is 4.31 Å². The summed E-state index contributed by atoms with van der Waals surface area (Å²) in [5, 5.41) is -0.892. The minimum Gasteiger partial charge on any atom is -0.227 e. The van der Waals surface area contributed by atoms with Gasteiger partial charge in [0, 0.05) is 19.5 Å². The zero-order chi connectivity index (χ0) is 20.1. The van der Waals surface area contributed by atoms with E-state index in [0.717, 1.165) is 5.56 Å². The molecule has 1 aliphatic heterocycles. The van der Waals surface area contributed by atoms with Crippen LogP contribution in [0.1, 0.15) is 5.56 Å². The number of nitrogens with zero attached hydrogens (tertiary/aromatic N) is 1. The highest BCUT2D eigenvalue weighted by atomic mass is 32.2. The first-order valence-corrected chi connectivity index (χ1v) is 19.3. The molecule has 0 aliphatic carbocycles. The van der Waals surface area contributed by atoms with Crippen molar-refractivity contribution in [3.63, 3.8) is 0 Å². The van der Waals surface area contributed by atoms with E-state index in [4.69, 9.17) is 0 Å². The summed E-state index contributed by atoms with van der Waals surface area (Å²) in [6.07, 6.45) is 0. The molecule has 0 spiro atoms. The maximum absolute atomic E-state index is 13.1. The Morgan fingerprint density at radius 1 is 0.923 bits per heavy atom. The Morgan fingerprint density at radius 2 is 1.42 bits per heavy atom. The molecule has 1 heterocycles. The van der Waals surface area contributed by atoms with Crippen molar-refractivity contribution in [3.8, 4) is 0 Å². The van der Waals surface area contributed by atoms with Crippen molar-refractivity contribution in [3.05, 3.63) is 29.8 Å². The predicted octanol–water partition coefficient (Wildman–Crippen LogP) is 3.32. The summed E-state index contributed by atoms with van der Waals surface area (Å²) in [6, 6.07) is 7.28. The van der Waals surface area contributed by atoms with E-state index >= 15 is 0 Å². The molecule has 148 valence electrons. The number of aryl methyl sites for hydroxylation is 1. The van der Waals surface area contributed by atoms with Gasteiger partial charge in [0.15, 0.2) is 9.84 Å². The Bertz CT molecular complexity index is 867. The smallest absolute Gasteiger partial charge is 0.227 e. The Hall–Kier alpha value is -0.486. The van der Waals surface area contributed by atoms with Crippen LogP contribution in [0.2, 0.25) is 45.3 Å². The monoisotopic (exact) mass is 433 g/mol. The van der Waals surface area contributed by atoms with Crippen LogP contribution in [0.3, 0.4) is 0 Å². The standard InChI is InChI=1S/C17H31NO4S2Si2/c1-14-8-10-15(11-9-14)24(21,22)18-16(17(18)26(5,6)7)23(19,20)12-13-25(2,3)4/h8-11,16-17H,12-13H2,1-7H3/t16-,17+,18?/m1/s1. The number of benzene rings is 1. The Balaban J connectivity index is 2.39. The molecule has 2 rings (SSSR count). The number of hydrogen-bond acceptors (Lipinski definition) is 4. The molecule has 0 saturated carbocycles. The Morgan fingerprint density at radius 3 is 1.85 bits per heavy atom. The number of sulfone groups is 1. The second kappa shape index (κ2) is 6.84. The van der Waals surface area contributed by atoms with E-state index in [2.05, 4.69) is 19.6 Å². The first-order chi connectivity index (χ1) is 11.6. The van der Waals surface area contributed by atoms with E-state index in [-0.39, 0.29) is 16.3 Å². The molecule has 5 nitrogen and oxygen atoms in total. The van der Waals surface area contributed by atoms with Crippen LogP contribution in [-0.2, 0) is 19.9 Å². The van der Waals surface area contributed by atoms with Crippen LogP contribution in [0.4, 0.5) is 0 Å². The van der Waals surface area contributed by atoms with Gasteiger partial charge in [-0.2, -0.15) is 4.31 Å². The van der Waals surface area contributed by atoms with Crippen LogP contribution in [0.25, 0.3) is 0 Å². The van der Waals surface area contributed by atoms with E-state index in [1.807, 2.05) is 26.6 Å². The molecule has 1 aromatic rings. The number of rotatable bonds is 7. The first kappa shape index (κ1) is 21.8. The molecule has 0 radical (unpaired) electrons. The summed E-state index contributed by atoms with van der Waals surface area (Å²) < 4.78 is 53.4. The van der Waals surface area contributed by atoms with Gasteiger partial charge in [-0.1, -0.05) is 57.0 Å². The largest absolute Gasteiger partial charge is 0.244 e. The van der Waals surface area contributed by atoms with E-state index < -0.39 is 41.4 Å². The minimum atomic E-state index is -3.80. The lowest BCUT2D eigenvalue weighted by Gasteiger charge is -2.16. The van der Waals surface area contributed by atoms with E-state index in [9.17, 15) is 16.8 Å². The molecular formula is C17H31NO4S2Si2. The van der Waals surface area contributed by atoms with E-state index in [1.165, 1.54) is 4.31 Å². The summed E-state index contributed by atoms with van der Waals surface area (Å²) in [4.78, 5) is 0.175. The molecule has 9 heteroatoms. The molecular weight excluding hydrogens is 402 g/mol. The lowest BCUT2D eigenvalue weighted by Crippen LogP contribution is -2.35. The molecule has 1 saturated heterocycles. The molecule has 0 aromatic heterocycles. The van der Waals surface area contributed by atoms with Crippen molar-refractivity contribution in [2.75, 3.05) is 5.75 Å². The van der Waals surface area contributed by atoms with Crippen molar-refractivity contribution in [2.24, 2.45) is 0 Å². The topological polar surface area (TPSA) is 71.3 Å². The summed E-state index contributed by atoms with van der Waals surface area (Å²) >= 11 is 0. The zero-order valence-corrected chi connectivity index (χ0v) is 20.4. The van der Waals surface area contributed by atoms with Gasteiger partial charge in [-0.3, -0.25) is 0 Å². The van der Waals surface area contributed by atoms with Crippen LogP contribution in [0.5, 0.6) is 0 Å². The first-order valence-electron chi connectivity index (χ1n) is 8.89. The van der Waals surface area contributed by atoms with E-state index in [0.29, 0.717) is 6.04 Å². The van der Waals surface area contributed by atoms with Crippen molar-refractivity contribution in [2.45, 2.75) is 68.2 Å². The van der Waals surface area contributed by atoms with Crippen LogP contribution < -0.4 is 0 Å². The Kier molecular flexibility index (Phi) is 5.74. The number of hydrogen-bond donors (Lipinski definition) is 0. The average Bonchev–Trinajstić information content (AvgIpc) is 3.22. The second-order valence-electron chi connectivity index (χ2n) is 9.53. The van der Waals surface area contributed by atoms with Gasteiger partial charge in [-0.15, -0.1) is 0 Å². The van der Waals surface area contributed by atoms with E-state index in [1.54, 1.807) is 24.3 Å². The fourth-order valence-electron chi connectivity index (χ4n) is 3.04. The fourth-order valence-corrected chi connectivity index (χ4v) is 15.3. The van der Waals surface area contributed by atoms with Crippen LogP contribution in [0.15, 0.2) is 29.2 Å². The summed E-state index contributed by atoms with van der Waals surface area (Å²) in [7, 11) is -10.8. The van der Waals surface area contributed by atoms with Gasteiger partial charge in [0.05, 0.1) is 13.0 Å². The molecule has 1 aromatic carbocycles. The summed E-state index contributed by atoms with van der Waals surface area (Å²) in [5.41, 5.74) is 0.580. The molecule has 0 bridgehead atoms. The quantitative estimate of drug-likeness (QED) is 0.488. The second-order valence-corrected chi connectivity index (χ2v) is 24.5. The molecule has 26 heavy (non-hydrogen) atoms. The highest BCUT2D eigenvalue weighted by Crippen LogP contribution is 2.44. The lowest BCUT2D eigenvalue weighted by atomic mass is 10.2. The predicted molar refractivity (Wildman–Crippen MR) is 113 cm³/mol. The van der Waals surface area contributed by atoms with Crippen molar-refractivity contribution >= 4 is 36.0 Å². The van der Waals surface area contributed by atoms with Crippen molar-refractivity contribution in [1.29, 1.82) is 0 Å². The minimum absolute atomic E-state index is 0.0777. The van der Waals surface area contributed by atoms with Gasteiger partial charge in [-0.25, -0.2) is 16.8 Å². The van der Waals surface area contributed by atoms with Crippen molar-refractivity contribution < 1.29 is 16.8 Å². The van der Waals surface area contributed by atoms with Gasteiger partial charge < -0.3 is 0 Å². The molecule has 0 N–H and O–H groups in total. The fraction of sp³-hybridized carbons (Fsp3) is 0.647. The van der Waals surface area contributed by atoms with Gasteiger partial charge in [-0.05, 0) is 25.1 Å². The maximum Gasteiger partial charge on any atom is 0.244 e. The molecule has 1 aliphatic rings. The van der Waals surface area contributed by atoms with Crippen LogP contribution in [0, 0.1) is 6.92 Å². The van der Waals surface area contributed by atoms with Gasteiger partial charge in [0.2, 0.25) is 10.0 Å². The third-order valence-electron chi connectivity index (χ3n) is 4.69. The summed E-state index contributed by atoms with van der Waals surface area (Å²) in [5.74, 6) is 0.0777. The highest BCUT2D eigenvalue weighted by Gasteiger charge is 2.66. The third kappa shape index (κ3) is 4.67. The van der Waals surface area contributed by atoms with Gasteiger partial charge >= 0.3 is 0 Å². The van der Waals surface area contributed by atoms with Gasteiger partial charge in [0.1, 0.15) is 5.37 Å². The summed E-state index contributed by atoms with van der Waals surface area (Å²) in [6.45, 7) is 14.4. The SMILES string of the molecule is Cc1ccc(S(=O)(=O)N2[C@H](S(=O)(=O)CC[Si](C)(C)C)[C@@H]2[Si](C)(C)C)cc1. The number of sulfonamides is 1. The molecule has 1 fully saturated rings. The van der Waals surface area contributed by atoms with Crippen LogP contribution >= 0.6 is 0 Å².